The summed E-state index contributed by atoms with van der Waals surface area (Å²) in [4.78, 5) is 16.2. The average Bonchev–Trinajstić information content (AvgIpc) is 2.86. The van der Waals surface area contributed by atoms with E-state index in [4.69, 9.17) is 0 Å². The Labute approximate surface area is 119 Å². The second-order valence-corrected chi connectivity index (χ2v) is 4.67. The van der Waals surface area contributed by atoms with E-state index in [1.54, 1.807) is 10.6 Å². The molecule has 106 valence electrons. The van der Waals surface area contributed by atoms with E-state index >= 15 is 0 Å². The van der Waals surface area contributed by atoms with Crippen molar-refractivity contribution in [3.63, 3.8) is 0 Å². The highest BCUT2D eigenvalue weighted by atomic mass is 19.1. The van der Waals surface area contributed by atoms with E-state index in [2.05, 4.69) is 10.3 Å². The molecule has 0 saturated heterocycles. The molecule has 0 atom stereocenters. The van der Waals surface area contributed by atoms with Crippen LogP contribution in [0.2, 0.25) is 0 Å². The maximum absolute atomic E-state index is 13.5. The van der Waals surface area contributed by atoms with Gasteiger partial charge < -0.3 is 9.72 Å². The Balaban J connectivity index is 1.91. The fourth-order valence-corrected chi connectivity index (χ4v) is 1.97. The summed E-state index contributed by atoms with van der Waals surface area (Å²) in [7, 11) is 0. The third-order valence-electron chi connectivity index (χ3n) is 3.02. The van der Waals surface area contributed by atoms with Gasteiger partial charge in [-0.25, -0.2) is 13.8 Å². The number of amides is 1. The van der Waals surface area contributed by atoms with Gasteiger partial charge in [0, 0.05) is 18.5 Å². The van der Waals surface area contributed by atoms with Crippen LogP contribution in [-0.4, -0.2) is 15.3 Å². The fourth-order valence-electron chi connectivity index (χ4n) is 1.97. The Morgan fingerprint density at radius 3 is 2.86 bits per heavy atom. The van der Waals surface area contributed by atoms with Crippen molar-refractivity contribution in [3.8, 4) is 0 Å². The van der Waals surface area contributed by atoms with Gasteiger partial charge in [-0.05, 0) is 36.8 Å². The number of nitrogens with one attached hydrogen (secondary N) is 1. The molecule has 0 aliphatic carbocycles. The highest BCUT2D eigenvalue weighted by molar-refractivity contribution is 6.03. The van der Waals surface area contributed by atoms with E-state index in [0.717, 1.165) is 23.8 Å². The fraction of sp³-hybridized carbons (Fsp3) is 0.0667. The van der Waals surface area contributed by atoms with Gasteiger partial charge in [-0.15, -0.1) is 0 Å². The number of benzene rings is 1. The van der Waals surface area contributed by atoms with Gasteiger partial charge in [-0.2, -0.15) is 0 Å². The van der Waals surface area contributed by atoms with Gasteiger partial charge in [-0.1, -0.05) is 0 Å². The lowest BCUT2D eigenvalue weighted by molar-refractivity contribution is 0.102. The highest BCUT2D eigenvalue weighted by Gasteiger charge is 2.13. The smallest absolute Gasteiger partial charge is 0.275 e. The molecule has 3 rings (SSSR count). The van der Waals surface area contributed by atoms with Crippen molar-refractivity contribution >= 4 is 17.2 Å². The van der Waals surface area contributed by atoms with E-state index < -0.39 is 17.5 Å². The molecular formula is C15H11F2N3O. The molecule has 0 aliphatic rings. The summed E-state index contributed by atoms with van der Waals surface area (Å²) in [5.74, 6) is -1.93. The van der Waals surface area contributed by atoms with Crippen molar-refractivity contribution in [2.75, 3.05) is 5.32 Å². The van der Waals surface area contributed by atoms with E-state index in [0.29, 0.717) is 5.65 Å². The summed E-state index contributed by atoms with van der Waals surface area (Å²) in [5.41, 5.74) is 1.54. The number of rotatable bonds is 2. The zero-order valence-corrected chi connectivity index (χ0v) is 11.1. The Morgan fingerprint density at radius 1 is 1.24 bits per heavy atom. The lowest BCUT2D eigenvalue weighted by Gasteiger charge is -2.04. The van der Waals surface area contributed by atoms with Gasteiger partial charge in [-0.3, -0.25) is 4.79 Å². The molecule has 1 N–H and O–H groups in total. The van der Waals surface area contributed by atoms with E-state index in [-0.39, 0.29) is 11.4 Å². The van der Waals surface area contributed by atoms with Crippen LogP contribution in [0.25, 0.3) is 5.65 Å². The largest absolute Gasteiger partial charge is 0.318 e. The van der Waals surface area contributed by atoms with Crippen LogP contribution in [0, 0.1) is 18.6 Å². The molecule has 2 heterocycles. The summed E-state index contributed by atoms with van der Waals surface area (Å²) in [6.45, 7) is 1.91. The first kappa shape index (κ1) is 13.2. The van der Waals surface area contributed by atoms with Gasteiger partial charge in [0.15, 0.2) is 0 Å². The van der Waals surface area contributed by atoms with Crippen molar-refractivity contribution < 1.29 is 13.6 Å². The van der Waals surface area contributed by atoms with Crippen molar-refractivity contribution in [2.24, 2.45) is 0 Å². The van der Waals surface area contributed by atoms with Crippen molar-refractivity contribution in [1.29, 1.82) is 0 Å². The monoisotopic (exact) mass is 287 g/mol. The number of imidazole rings is 1. The lowest BCUT2D eigenvalue weighted by Crippen LogP contribution is -2.13. The minimum Gasteiger partial charge on any atom is -0.318 e. The molecule has 21 heavy (non-hydrogen) atoms. The van der Waals surface area contributed by atoms with E-state index in [9.17, 15) is 13.6 Å². The second kappa shape index (κ2) is 4.97. The van der Waals surface area contributed by atoms with E-state index in [1.807, 2.05) is 19.1 Å². The van der Waals surface area contributed by atoms with Crippen molar-refractivity contribution in [3.05, 3.63) is 65.6 Å². The minimum absolute atomic E-state index is 0.129. The number of pyridine rings is 1. The molecule has 2 aromatic heterocycles. The van der Waals surface area contributed by atoms with Crippen LogP contribution in [0.4, 0.5) is 14.5 Å². The molecule has 4 nitrogen and oxygen atoms in total. The van der Waals surface area contributed by atoms with Gasteiger partial charge in [0.25, 0.3) is 5.91 Å². The molecule has 0 radical (unpaired) electrons. The number of aryl methyl sites for hydroxylation is 1. The van der Waals surface area contributed by atoms with Crippen LogP contribution in [0.15, 0.2) is 42.7 Å². The third kappa shape index (κ3) is 2.60. The van der Waals surface area contributed by atoms with Gasteiger partial charge >= 0.3 is 0 Å². The molecule has 0 aliphatic heterocycles. The third-order valence-corrected chi connectivity index (χ3v) is 3.02. The molecular weight excluding hydrogens is 276 g/mol. The predicted molar refractivity (Wildman–Crippen MR) is 74.2 cm³/mol. The number of carbonyl (C=O) groups is 1. The zero-order valence-electron chi connectivity index (χ0n) is 11.1. The SMILES string of the molecule is Cc1ccn2cc(C(=O)Nc3cc(F)ccc3F)nc2c1. The Hall–Kier alpha value is -2.76. The lowest BCUT2D eigenvalue weighted by atomic mass is 10.3. The van der Waals surface area contributed by atoms with Crippen molar-refractivity contribution in [1.82, 2.24) is 9.38 Å². The molecule has 0 saturated carbocycles. The topological polar surface area (TPSA) is 46.4 Å². The summed E-state index contributed by atoms with van der Waals surface area (Å²) < 4.78 is 28.3. The van der Waals surface area contributed by atoms with Crippen LogP contribution in [0.3, 0.4) is 0 Å². The van der Waals surface area contributed by atoms with Crippen LogP contribution in [0.5, 0.6) is 0 Å². The number of nitrogens with zero attached hydrogens (tertiary/aromatic N) is 2. The maximum Gasteiger partial charge on any atom is 0.275 e. The highest BCUT2D eigenvalue weighted by Crippen LogP contribution is 2.16. The van der Waals surface area contributed by atoms with Gasteiger partial charge in [0.05, 0.1) is 5.69 Å². The number of fused-ring (bicyclic) bond motifs is 1. The first-order valence-corrected chi connectivity index (χ1v) is 6.25. The molecule has 0 spiro atoms. The van der Waals surface area contributed by atoms with Crippen LogP contribution in [0.1, 0.15) is 16.1 Å². The summed E-state index contributed by atoms with van der Waals surface area (Å²) >= 11 is 0. The first-order chi connectivity index (χ1) is 10.0. The number of aromatic nitrogens is 2. The van der Waals surface area contributed by atoms with Crippen LogP contribution in [-0.2, 0) is 0 Å². The standard InChI is InChI=1S/C15H11F2N3O/c1-9-4-5-20-8-13(18-14(20)6-9)15(21)19-12-7-10(16)2-3-11(12)17/h2-8H,1H3,(H,19,21). The van der Waals surface area contributed by atoms with Crippen LogP contribution >= 0.6 is 0 Å². The van der Waals surface area contributed by atoms with Crippen LogP contribution < -0.4 is 5.32 Å². The maximum atomic E-state index is 13.5. The molecule has 6 heteroatoms. The first-order valence-electron chi connectivity index (χ1n) is 6.25. The normalized spacial score (nSPS) is 10.8. The summed E-state index contributed by atoms with van der Waals surface area (Å²) in [6, 6.07) is 6.56. The average molecular weight is 287 g/mol. The Morgan fingerprint density at radius 2 is 2.05 bits per heavy atom. The number of anilines is 1. The predicted octanol–water partition coefficient (Wildman–Crippen LogP) is 3.17. The second-order valence-electron chi connectivity index (χ2n) is 4.67. The molecule has 0 unspecified atom stereocenters. The number of carbonyl (C=O) groups excluding carboxylic acids is 1. The number of hydrogen-bond donors (Lipinski definition) is 1. The Kier molecular flexibility index (Phi) is 3.13. The molecule has 3 aromatic rings. The summed E-state index contributed by atoms with van der Waals surface area (Å²) in [6.07, 6.45) is 3.30. The number of hydrogen-bond acceptors (Lipinski definition) is 2. The van der Waals surface area contributed by atoms with Gasteiger partial charge in [0.1, 0.15) is 23.0 Å². The van der Waals surface area contributed by atoms with Crippen molar-refractivity contribution in [2.45, 2.75) is 6.92 Å². The quantitative estimate of drug-likeness (QED) is 0.787. The molecule has 1 aromatic carbocycles. The summed E-state index contributed by atoms with van der Waals surface area (Å²) in [5, 5.41) is 2.31. The molecule has 1 amide bonds. The molecule has 0 bridgehead atoms. The molecule has 0 fully saturated rings. The number of halogens is 2. The zero-order chi connectivity index (χ0) is 15.0. The minimum atomic E-state index is -0.704. The van der Waals surface area contributed by atoms with Gasteiger partial charge in [0.2, 0.25) is 0 Å². The van der Waals surface area contributed by atoms with E-state index in [1.165, 1.54) is 6.20 Å². The Bertz CT molecular complexity index is 842.